The van der Waals surface area contributed by atoms with Gasteiger partial charge in [-0.25, -0.2) is 0 Å². The minimum Gasteiger partial charge on any atom is -0.488 e. The number of benzene rings is 2. The Labute approximate surface area is 193 Å². The fraction of sp³-hybridized carbons (Fsp3) is 0.292. The number of nitrogens with zero attached hydrogens (tertiary/aromatic N) is 2. The van der Waals surface area contributed by atoms with E-state index in [-0.39, 0.29) is 35.5 Å². The summed E-state index contributed by atoms with van der Waals surface area (Å²) in [5, 5.41) is 6.02. The molecule has 31 heavy (non-hydrogen) atoms. The van der Waals surface area contributed by atoms with Crippen LogP contribution < -0.4 is 4.74 Å². The molecule has 1 saturated carbocycles. The summed E-state index contributed by atoms with van der Waals surface area (Å²) in [6, 6.07) is 13.0. The van der Waals surface area contributed by atoms with Crippen molar-refractivity contribution in [2.45, 2.75) is 19.4 Å². The molecule has 0 N–H and O–H groups in total. The Morgan fingerprint density at radius 2 is 1.68 bits per heavy atom. The van der Waals surface area contributed by atoms with Crippen LogP contribution >= 0.6 is 27.5 Å². The molecule has 1 aliphatic heterocycles. The van der Waals surface area contributed by atoms with Gasteiger partial charge in [0.1, 0.15) is 12.4 Å². The van der Waals surface area contributed by atoms with Crippen LogP contribution in [-0.4, -0.2) is 23.0 Å². The highest BCUT2D eigenvalue weighted by Gasteiger charge is 2.56. The minimum atomic E-state index is -0.247. The predicted molar refractivity (Wildman–Crippen MR) is 122 cm³/mol. The Morgan fingerprint density at radius 3 is 2.26 bits per heavy atom. The summed E-state index contributed by atoms with van der Waals surface area (Å²) < 4.78 is 6.63. The second kappa shape index (κ2) is 8.24. The van der Waals surface area contributed by atoms with E-state index in [1.807, 2.05) is 42.5 Å². The molecule has 5 nitrogen and oxygen atoms in total. The number of carbonyl (C=O) groups excluding carboxylic acids is 2. The molecule has 2 amide bonds. The summed E-state index contributed by atoms with van der Waals surface area (Å²) in [4.78, 5) is 25.7. The van der Waals surface area contributed by atoms with Crippen LogP contribution in [0, 0.1) is 23.7 Å². The number of halogens is 2. The van der Waals surface area contributed by atoms with Gasteiger partial charge in [-0.15, -0.1) is 0 Å². The van der Waals surface area contributed by atoms with E-state index in [0.29, 0.717) is 17.4 Å². The average molecular weight is 500 g/mol. The van der Waals surface area contributed by atoms with Crippen molar-refractivity contribution in [3.63, 3.8) is 0 Å². The SMILES string of the molecule is O=C1[C@@H]2[C@H](C(=O)N1/N=C\c1ccc(OCc3ccc(Cl)cc3)c(Br)c1)[C@H]1C=C[C@H]2CC1. The van der Waals surface area contributed by atoms with E-state index in [1.165, 1.54) is 0 Å². The number of hydrogen-bond donors (Lipinski definition) is 0. The van der Waals surface area contributed by atoms with E-state index in [2.05, 4.69) is 33.2 Å². The molecule has 1 saturated heterocycles. The number of rotatable bonds is 5. The highest BCUT2D eigenvalue weighted by Crippen LogP contribution is 2.49. The number of carbonyl (C=O) groups is 2. The number of imide groups is 1. The van der Waals surface area contributed by atoms with E-state index in [4.69, 9.17) is 16.3 Å². The number of ether oxygens (including phenoxy) is 1. The van der Waals surface area contributed by atoms with Gasteiger partial charge in [0, 0.05) is 5.02 Å². The lowest BCUT2D eigenvalue weighted by Crippen LogP contribution is -2.38. The zero-order chi connectivity index (χ0) is 21.5. The van der Waals surface area contributed by atoms with Gasteiger partial charge in [0.05, 0.1) is 22.5 Å². The Kier molecular flexibility index (Phi) is 5.44. The summed E-state index contributed by atoms with van der Waals surface area (Å²) in [5.74, 6) is 0.178. The van der Waals surface area contributed by atoms with Gasteiger partial charge in [0.15, 0.2) is 0 Å². The molecule has 2 aromatic carbocycles. The van der Waals surface area contributed by atoms with Crippen LogP contribution in [0.2, 0.25) is 5.02 Å². The Hall–Kier alpha value is -2.44. The van der Waals surface area contributed by atoms with Crippen LogP contribution in [0.15, 0.2) is 64.2 Å². The predicted octanol–water partition coefficient (Wildman–Crippen LogP) is 5.21. The summed E-state index contributed by atoms with van der Waals surface area (Å²) in [6.45, 7) is 0.416. The topological polar surface area (TPSA) is 59.0 Å². The smallest absolute Gasteiger partial charge is 0.254 e. The number of amides is 2. The molecular formula is C24H20BrClN2O3. The molecule has 6 rings (SSSR count). The Balaban J connectivity index is 1.27. The first-order chi connectivity index (χ1) is 15.0. The van der Waals surface area contributed by atoms with Crippen LogP contribution in [0.25, 0.3) is 0 Å². The van der Waals surface area contributed by atoms with E-state index in [9.17, 15) is 9.59 Å². The maximum absolute atomic E-state index is 12.8. The molecule has 4 atom stereocenters. The monoisotopic (exact) mass is 498 g/mol. The highest BCUT2D eigenvalue weighted by atomic mass is 79.9. The van der Waals surface area contributed by atoms with Gasteiger partial charge >= 0.3 is 0 Å². The molecule has 0 spiro atoms. The van der Waals surface area contributed by atoms with Gasteiger partial charge in [-0.05, 0) is 82.1 Å². The molecule has 0 radical (unpaired) electrons. The van der Waals surface area contributed by atoms with Gasteiger partial charge < -0.3 is 4.74 Å². The lowest BCUT2D eigenvalue weighted by molar-refractivity contribution is -0.140. The van der Waals surface area contributed by atoms with Crippen molar-refractivity contribution >= 4 is 45.6 Å². The van der Waals surface area contributed by atoms with Crippen LogP contribution in [0.5, 0.6) is 5.75 Å². The van der Waals surface area contributed by atoms with Gasteiger partial charge in [-0.3, -0.25) is 9.59 Å². The Morgan fingerprint density at radius 1 is 1.03 bits per heavy atom. The van der Waals surface area contributed by atoms with Crippen LogP contribution in [0.3, 0.4) is 0 Å². The molecule has 7 heteroatoms. The third-order valence-electron chi connectivity index (χ3n) is 6.32. The van der Waals surface area contributed by atoms with Crippen molar-refractivity contribution in [1.82, 2.24) is 5.01 Å². The van der Waals surface area contributed by atoms with Crippen molar-refractivity contribution < 1.29 is 14.3 Å². The number of hydrogen-bond acceptors (Lipinski definition) is 4. The van der Waals surface area contributed by atoms with E-state index in [1.54, 1.807) is 6.21 Å². The largest absolute Gasteiger partial charge is 0.488 e. The molecule has 3 aliphatic carbocycles. The zero-order valence-corrected chi connectivity index (χ0v) is 18.9. The standard InChI is InChI=1S/C24H20BrClN2O3/c25-19-11-15(3-10-20(19)31-13-14-1-8-18(26)9-2-14)12-27-28-23(29)21-16-4-5-17(7-6-16)22(21)24(28)30/h1-5,8-12,16-17,21-22H,6-7,13H2/b27-12-/t16-,17-,21-,22+/m0/s1. The zero-order valence-electron chi connectivity index (χ0n) is 16.6. The molecule has 2 aromatic rings. The van der Waals surface area contributed by atoms with Crippen molar-refractivity contribution in [3.8, 4) is 5.75 Å². The van der Waals surface area contributed by atoms with Crippen LogP contribution in [0.4, 0.5) is 0 Å². The molecule has 4 aliphatic rings. The first-order valence-electron chi connectivity index (χ1n) is 10.3. The molecule has 1 heterocycles. The highest BCUT2D eigenvalue weighted by molar-refractivity contribution is 9.10. The van der Waals surface area contributed by atoms with E-state index >= 15 is 0 Å². The summed E-state index contributed by atoms with van der Waals surface area (Å²) >= 11 is 9.43. The van der Waals surface area contributed by atoms with Gasteiger partial charge in [0.2, 0.25) is 0 Å². The van der Waals surface area contributed by atoms with E-state index < -0.39 is 0 Å². The van der Waals surface area contributed by atoms with Crippen LogP contribution in [-0.2, 0) is 16.2 Å². The van der Waals surface area contributed by atoms with E-state index in [0.717, 1.165) is 33.5 Å². The quantitative estimate of drug-likeness (QED) is 0.322. The second-order valence-electron chi connectivity index (χ2n) is 8.18. The van der Waals surface area contributed by atoms with Crippen molar-refractivity contribution in [2.75, 3.05) is 0 Å². The number of hydrazone groups is 1. The summed E-state index contributed by atoms with van der Waals surface area (Å²) in [5.41, 5.74) is 1.78. The second-order valence-corrected chi connectivity index (χ2v) is 9.47. The third-order valence-corrected chi connectivity index (χ3v) is 7.19. The van der Waals surface area contributed by atoms with Crippen molar-refractivity contribution in [2.24, 2.45) is 28.8 Å². The van der Waals surface area contributed by atoms with Crippen LogP contribution in [0.1, 0.15) is 24.0 Å². The maximum Gasteiger partial charge on any atom is 0.254 e. The van der Waals surface area contributed by atoms with Crippen molar-refractivity contribution in [3.05, 3.63) is 75.2 Å². The first kappa shape index (κ1) is 20.5. The molecular weight excluding hydrogens is 480 g/mol. The lowest BCUT2D eigenvalue weighted by atomic mass is 9.63. The fourth-order valence-corrected chi connectivity index (χ4v) is 5.39. The van der Waals surface area contributed by atoms with Gasteiger partial charge in [0.25, 0.3) is 11.8 Å². The normalized spacial score (nSPS) is 26.7. The maximum atomic E-state index is 12.8. The Bertz CT molecular complexity index is 1070. The molecule has 2 bridgehead atoms. The van der Waals surface area contributed by atoms with Crippen molar-refractivity contribution in [1.29, 1.82) is 0 Å². The summed E-state index contributed by atoms with van der Waals surface area (Å²) in [6.07, 6.45) is 7.71. The minimum absolute atomic E-state index is 0.165. The fourth-order valence-electron chi connectivity index (χ4n) is 4.75. The first-order valence-corrected chi connectivity index (χ1v) is 11.5. The third kappa shape index (κ3) is 3.83. The molecule has 0 unspecified atom stereocenters. The number of allylic oxidation sites excluding steroid dienone is 2. The molecule has 0 aromatic heterocycles. The lowest BCUT2D eigenvalue weighted by Gasteiger charge is -2.37. The number of fused-ring (bicyclic) bond motifs is 1. The van der Waals surface area contributed by atoms with Gasteiger partial charge in [-0.2, -0.15) is 10.1 Å². The molecule has 158 valence electrons. The summed E-state index contributed by atoms with van der Waals surface area (Å²) in [7, 11) is 0. The molecule has 2 fully saturated rings. The van der Waals surface area contributed by atoms with Gasteiger partial charge in [-0.1, -0.05) is 35.9 Å². The average Bonchev–Trinajstić information content (AvgIpc) is 3.05.